The lowest BCUT2D eigenvalue weighted by molar-refractivity contribution is 0.448. The van der Waals surface area contributed by atoms with Crippen molar-refractivity contribution in [3.8, 4) is 0 Å². The molecular formula is C16H16ClFN2. The molecule has 0 saturated carbocycles. The van der Waals surface area contributed by atoms with Crippen molar-refractivity contribution in [2.24, 2.45) is 5.73 Å². The second-order valence-electron chi connectivity index (χ2n) is 5.21. The molecule has 3 rings (SSSR count). The van der Waals surface area contributed by atoms with Crippen molar-refractivity contribution in [1.29, 1.82) is 0 Å². The molecule has 1 aromatic carbocycles. The summed E-state index contributed by atoms with van der Waals surface area (Å²) in [4.78, 5) is 4.46. The lowest BCUT2D eigenvalue weighted by Gasteiger charge is -2.29. The lowest BCUT2D eigenvalue weighted by Crippen LogP contribution is -2.25. The van der Waals surface area contributed by atoms with Crippen molar-refractivity contribution in [3.63, 3.8) is 0 Å². The third-order valence-corrected chi connectivity index (χ3v) is 4.33. The molecule has 2 nitrogen and oxygen atoms in total. The summed E-state index contributed by atoms with van der Waals surface area (Å²) >= 11 is 6.13. The Kier molecular flexibility index (Phi) is 3.72. The maximum atomic E-state index is 14.0. The van der Waals surface area contributed by atoms with Crippen molar-refractivity contribution in [1.82, 2.24) is 4.98 Å². The fraction of sp³-hybridized carbons (Fsp3) is 0.312. The van der Waals surface area contributed by atoms with Crippen molar-refractivity contribution in [2.45, 2.75) is 31.2 Å². The Hall–Kier alpha value is -1.45. The van der Waals surface area contributed by atoms with Crippen LogP contribution in [0.1, 0.15) is 41.6 Å². The molecule has 2 N–H and O–H groups in total. The first-order valence-corrected chi connectivity index (χ1v) is 7.19. The zero-order valence-corrected chi connectivity index (χ0v) is 11.8. The van der Waals surface area contributed by atoms with Gasteiger partial charge in [0.1, 0.15) is 5.82 Å². The van der Waals surface area contributed by atoms with E-state index in [9.17, 15) is 4.39 Å². The standard InChI is InChI=1S/C16H16ClFN2/c17-12-7-2-8-13(18)14(12)15(19)11-6-1-4-10-5-3-9-20-16(10)11/h2-3,5,7-9,11,15H,1,4,6,19H2. The van der Waals surface area contributed by atoms with E-state index in [1.807, 2.05) is 6.07 Å². The van der Waals surface area contributed by atoms with Crippen molar-refractivity contribution in [2.75, 3.05) is 0 Å². The molecule has 1 aliphatic rings. The van der Waals surface area contributed by atoms with Crippen molar-refractivity contribution in [3.05, 3.63) is 64.2 Å². The van der Waals surface area contributed by atoms with Crippen LogP contribution in [-0.4, -0.2) is 4.98 Å². The van der Waals surface area contributed by atoms with Gasteiger partial charge in [-0.3, -0.25) is 4.98 Å². The molecule has 0 saturated heterocycles. The highest BCUT2D eigenvalue weighted by molar-refractivity contribution is 6.31. The number of rotatable bonds is 2. The summed E-state index contributed by atoms with van der Waals surface area (Å²) in [6.07, 6.45) is 4.74. The van der Waals surface area contributed by atoms with Gasteiger partial charge in [0.05, 0.1) is 0 Å². The molecule has 0 fully saturated rings. The van der Waals surface area contributed by atoms with Gasteiger partial charge in [-0.05, 0) is 43.0 Å². The predicted molar refractivity (Wildman–Crippen MR) is 78.3 cm³/mol. The number of hydrogen-bond donors (Lipinski definition) is 1. The van der Waals surface area contributed by atoms with Crippen LogP contribution >= 0.6 is 11.6 Å². The molecule has 0 spiro atoms. The minimum atomic E-state index is -0.461. The minimum Gasteiger partial charge on any atom is -0.323 e. The molecule has 2 aromatic rings. The van der Waals surface area contributed by atoms with Crippen LogP contribution in [0.15, 0.2) is 36.5 Å². The predicted octanol–water partition coefficient (Wildman–Crippen LogP) is 3.99. The molecule has 0 aliphatic heterocycles. The third kappa shape index (κ3) is 2.32. The highest BCUT2D eigenvalue weighted by Crippen LogP contribution is 2.40. The fourth-order valence-corrected chi connectivity index (χ4v) is 3.31. The number of halogens is 2. The lowest BCUT2D eigenvalue weighted by atomic mass is 9.80. The highest BCUT2D eigenvalue weighted by Gasteiger charge is 2.30. The summed E-state index contributed by atoms with van der Waals surface area (Å²) < 4.78 is 14.0. The molecule has 2 unspecified atom stereocenters. The van der Waals surface area contributed by atoms with Gasteiger partial charge < -0.3 is 5.73 Å². The van der Waals surface area contributed by atoms with E-state index in [0.29, 0.717) is 10.6 Å². The number of pyridine rings is 1. The van der Waals surface area contributed by atoms with Gasteiger partial charge in [-0.15, -0.1) is 0 Å². The first-order valence-electron chi connectivity index (χ1n) is 6.81. The van der Waals surface area contributed by atoms with Gasteiger partial charge in [0.2, 0.25) is 0 Å². The van der Waals surface area contributed by atoms with Gasteiger partial charge in [0, 0.05) is 34.4 Å². The normalized spacial score (nSPS) is 19.4. The van der Waals surface area contributed by atoms with E-state index in [1.54, 1.807) is 18.3 Å². The SMILES string of the molecule is NC(c1c(F)cccc1Cl)C1CCCc2cccnc21. The van der Waals surface area contributed by atoms with Crippen LogP contribution in [-0.2, 0) is 6.42 Å². The number of benzene rings is 1. The van der Waals surface area contributed by atoms with E-state index in [2.05, 4.69) is 11.1 Å². The molecule has 1 aliphatic carbocycles. The van der Waals surface area contributed by atoms with Crippen molar-refractivity contribution >= 4 is 11.6 Å². The average molecular weight is 291 g/mol. The number of aryl methyl sites for hydroxylation is 1. The van der Waals surface area contributed by atoms with Crippen LogP contribution in [0.2, 0.25) is 5.02 Å². The molecular weight excluding hydrogens is 275 g/mol. The van der Waals surface area contributed by atoms with Crippen LogP contribution in [0.5, 0.6) is 0 Å². The number of nitrogens with two attached hydrogens (primary N) is 1. The molecule has 4 heteroatoms. The van der Waals surface area contributed by atoms with E-state index in [0.717, 1.165) is 25.0 Å². The monoisotopic (exact) mass is 290 g/mol. The van der Waals surface area contributed by atoms with E-state index in [1.165, 1.54) is 11.6 Å². The van der Waals surface area contributed by atoms with Crippen LogP contribution < -0.4 is 5.73 Å². The summed E-state index contributed by atoms with van der Waals surface area (Å²) in [5.41, 5.74) is 8.93. The molecule has 0 amide bonds. The molecule has 1 heterocycles. The smallest absolute Gasteiger partial charge is 0.129 e. The Morgan fingerprint density at radius 3 is 2.95 bits per heavy atom. The summed E-state index contributed by atoms with van der Waals surface area (Å²) in [6.45, 7) is 0. The summed E-state index contributed by atoms with van der Waals surface area (Å²) in [6, 6.07) is 8.23. The molecule has 20 heavy (non-hydrogen) atoms. The Morgan fingerprint density at radius 2 is 2.15 bits per heavy atom. The Labute approximate surface area is 122 Å². The van der Waals surface area contributed by atoms with Gasteiger partial charge >= 0.3 is 0 Å². The van der Waals surface area contributed by atoms with Gasteiger partial charge in [-0.25, -0.2) is 4.39 Å². The topological polar surface area (TPSA) is 38.9 Å². The number of nitrogens with zero attached hydrogens (tertiary/aromatic N) is 1. The highest BCUT2D eigenvalue weighted by atomic mass is 35.5. The molecule has 0 radical (unpaired) electrons. The van der Waals surface area contributed by atoms with Gasteiger partial charge in [-0.2, -0.15) is 0 Å². The van der Waals surface area contributed by atoms with E-state index >= 15 is 0 Å². The average Bonchev–Trinajstić information content (AvgIpc) is 2.46. The number of hydrogen-bond acceptors (Lipinski definition) is 2. The molecule has 0 bridgehead atoms. The van der Waals surface area contributed by atoms with Crippen LogP contribution in [0.25, 0.3) is 0 Å². The third-order valence-electron chi connectivity index (χ3n) is 4.01. The maximum Gasteiger partial charge on any atom is 0.129 e. The summed E-state index contributed by atoms with van der Waals surface area (Å²) in [5.74, 6) is -0.317. The zero-order valence-electron chi connectivity index (χ0n) is 11.0. The van der Waals surface area contributed by atoms with Gasteiger partial charge in [-0.1, -0.05) is 23.7 Å². The maximum absolute atomic E-state index is 14.0. The molecule has 1 aromatic heterocycles. The number of aromatic nitrogens is 1. The molecule has 2 atom stereocenters. The van der Waals surface area contributed by atoms with Gasteiger partial charge in [0.15, 0.2) is 0 Å². The molecule has 104 valence electrons. The largest absolute Gasteiger partial charge is 0.323 e. The Bertz CT molecular complexity index is 609. The number of fused-ring (bicyclic) bond motifs is 1. The van der Waals surface area contributed by atoms with Crippen molar-refractivity contribution < 1.29 is 4.39 Å². The first kappa shape index (κ1) is 13.5. The first-order chi connectivity index (χ1) is 9.68. The van der Waals surface area contributed by atoms with Crippen LogP contribution in [0.3, 0.4) is 0 Å². The summed E-state index contributed by atoms with van der Waals surface area (Å²) in [5, 5.41) is 0.389. The Balaban J connectivity index is 2.02. The Morgan fingerprint density at radius 1 is 1.30 bits per heavy atom. The fourth-order valence-electron chi connectivity index (χ4n) is 3.03. The second-order valence-corrected chi connectivity index (χ2v) is 5.61. The van der Waals surface area contributed by atoms with Crippen LogP contribution in [0.4, 0.5) is 4.39 Å². The van der Waals surface area contributed by atoms with Gasteiger partial charge in [0.25, 0.3) is 0 Å². The quantitative estimate of drug-likeness (QED) is 0.908. The van der Waals surface area contributed by atoms with E-state index in [4.69, 9.17) is 17.3 Å². The van der Waals surface area contributed by atoms with E-state index < -0.39 is 6.04 Å². The van der Waals surface area contributed by atoms with E-state index in [-0.39, 0.29) is 11.7 Å². The van der Waals surface area contributed by atoms with Crippen LogP contribution in [0, 0.1) is 5.82 Å². The second kappa shape index (κ2) is 5.51. The summed E-state index contributed by atoms with van der Waals surface area (Å²) in [7, 11) is 0. The zero-order chi connectivity index (χ0) is 14.1. The minimum absolute atomic E-state index is 0.0225.